The van der Waals surface area contributed by atoms with Gasteiger partial charge >= 0.3 is 0 Å². The van der Waals surface area contributed by atoms with Crippen LogP contribution in [0.1, 0.15) is 5.82 Å². The van der Waals surface area contributed by atoms with Crippen LogP contribution < -0.4 is 4.68 Å². The molecule has 8 aromatic carbocycles. The summed E-state index contributed by atoms with van der Waals surface area (Å²) < 4.78 is 6.52. The quantitative estimate of drug-likeness (QED) is 0.135. The number of hydrogen-bond acceptors (Lipinski definition) is 1. The van der Waals surface area contributed by atoms with Crippen LogP contribution in [0.4, 0.5) is 0 Å². The van der Waals surface area contributed by atoms with E-state index < -0.39 is 0 Å². The van der Waals surface area contributed by atoms with Crippen LogP contribution in [-0.2, 0) is 21.1 Å². The first kappa shape index (κ1) is 30.3. The molecule has 0 spiro atoms. The van der Waals surface area contributed by atoms with Crippen LogP contribution in [0.5, 0.6) is 0 Å². The molecule has 2 heterocycles. The van der Waals surface area contributed by atoms with Crippen molar-refractivity contribution < 1.29 is 4.68 Å². The predicted molar refractivity (Wildman–Crippen MR) is 217 cm³/mol. The fourth-order valence-corrected chi connectivity index (χ4v) is 8.23. The molecule has 0 bridgehead atoms. The van der Waals surface area contributed by atoms with E-state index in [1.54, 1.807) is 0 Å². The van der Waals surface area contributed by atoms with Crippen molar-refractivity contribution >= 4 is 54.3 Å². The van der Waals surface area contributed by atoms with E-state index in [4.69, 9.17) is 4.98 Å². The number of hydrogen-bond donors (Lipinski definition) is 0. The van der Waals surface area contributed by atoms with E-state index in [2.05, 4.69) is 194 Å². The molecule has 0 aliphatic heterocycles. The van der Waals surface area contributed by atoms with Gasteiger partial charge in [-0.05, 0) is 126 Å². The third-order valence-electron chi connectivity index (χ3n) is 11.2. The molecule has 4 heteroatoms. The summed E-state index contributed by atoms with van der Waals surface area (Å²) in [6, 6.07) is 54.0. The molecule has 2 aromatic heterocycles. The minimum atomic E-state index is 1.01. The maximum Gasteiger partial charge on any atom is 0.203 e. The number of rotatable bonds is 4. The third-order valence-corrected chi connectivity index (χ3v) is 11.2. The molecule has 10 rings (SSSR count). The molecule has 0 fully saturated rings. The average molecular weight is 670 g/mol. The Bertz CT molecular complexity index is 2910. The molecule has 0 amide bonds. The standard InChI is InChI=1S/C48H37N4/c1-30-49-45-23-22-36(27-47(45)51(30)3)40-13-9-15-42-44(40)28-43-39(35-19-21-38-29-50(2)52(4)46(38)26-35)12-8-14-41(43)48(42)37-20-18-33-24-32(16-17-34(33)25-37)31-10-6-5-7-11-31/h5-29H,1-4H3/q+1. The molecule has 248 valence electrons. The second kappa shape index (κ2) is 11.5. The van der Waals surface area contributed by atoms with E-state index >= 15 is 0 Å². The maximum atomic E-state index is 4.79. The van der Waals surface area contributed by atoms with Crippen molar-refractivity contribution in [3.63, 3.8) is 0 Å². The van der Waals surface area contributed by atoms with Gasteiger partial charge in [-0.25, -0.2) is 4.98 Å². The highest BCUT2D eigenvalue weighted by atomic mass is 15.4. The van der Waals surface area contributed by atoms with Crippen molar-refractivity contribution in [1.29, 1.82) is 0 Å². The number of imidazole rings is 1. The van der Waals surface area contributed by atoms with E-state index in [-0.39, 0.29) is 0 Å². The number of nitrogens with zero attached hydrogens (tertiary/aromatic N) is 4. The third kappa shape index (κ3) is 4.68. The Morgan fingerprint density at radius 1 is 0.481 bits per heavy atom. The van der Waals surface area contributed by atoms with Gasteiger partial charge in [-0.3, -0.25) is 0 Å². The van der Waals surface area contributed by atoms with Gasteiger partial charge in [-0.15, -0.1) is 4.68 Å². The molecule has 4 nitrogen and oxygen atoms in total. The van der Waals surface area contributed by atoms with Crippen LogP contribution in [0.25, 0.3) is 98.8 Å². The maximum absolute atomic E-state index is 4.79. The van der Waals surface area contributed by atoms with Gasteiger partial charge in [0.15, 0.2) is 7.05 Å². The lowest BCUT2D eigenvalue weighted by molar-refractivity contribution is -0.748. The lowest BCUT2D eigenvalue weighted by Crippen LogP contribution is -2.35. The average Bonchev–Trinajstić information content (AvgIpc) is 3.64. The van der Waals surface area contributed by atoms with Gasteiger partial charge in [0.05, 0.1) is 23.5 Å². The lowest BCUT2D eigenvalue weighted by Gasteiger charge is -2.18. The summed E-state index contributed by atoms with van der Waals surface area (Å²) >= 11 is 0. The van der Waals surface area contributed by atoms with Gasteiger partial charge < -0.3 is 4.57 Å². The number of aromatic nitrogens is 4. The van der Waals surface area contributed by atoms with Crippen molar-refractivity contribution in [2.24, 2.45) is 21.1 Å². The van der Waals surface area contributed by atoms with Gasteiger partial charge in [0, 0.05) is 7.05 Å². The zero-order valence-electron chi connectivity index (χ0n) is 29.7. The summed E-state index contributed by atoms with van der Waals surface area (Å²) in [5, 5.41) is 8.67. The van der Waals surface area contributed by atoms with E-state index in [0.29, 0.717) is 0 Å². The molecular weight excluding hydrogens is 633 g/mol. The predicted octanol–water partition coefficient (Wildman–Crippen LogP) is 11.3. The van der Waals surface area contributed by atoms with Crippen molar-refractivity contribution in [1.82, 2.24) is 14.2 Å². The molecule has 0 radical (unpaired) electrons. The van der Waals surface area contributed by atoms with E-state index in [9.17, 15) is 0 Å². The van der Waals surface area contributed by atoms with Gasteiger partial charge in [-0.2, -0.15) is 4.68 Å². The highest BCUT2D eigenvalue weighted by Crippen LogP contribution is 2.44. The number of benzene rings is 8. The first-order valence-electron chi connectivity index (χ1n) is 17.9. The van der Waals surface area contributed by atoms with Crippen LogP contribution in [0.2, 0.25) is 0 Å². The Morgan fingerprint density at radius 3 is 1.79 bits per heavy atom. The van der Waals surface area contributed by atoms with Crippen LogP contribution in [0.15, 0.2) is 152 Å². The molecule has 0 saturated heterocycles. The molecule has 0 N–H and O–H groups in total. The van der Waals surface area contributed by atoms with Crippen LogP contribution >= 0.6 is 0 Å². The smallest absolute Gasteiger partial charge is 0.203 e. The molecule has 0 saturated carbocycles. The SMILES string of the molecule is Cc1nc2ccc(-c3cccc4c(-c5ccc6cc(-c7ccccc7)ccc6c5)c5cccc(-c6ccc7c[n+](C)n(C)c7c6)c5cc34)cc2n1C. The Hall–Kier alpha value is -6.52. The van der Waals surface area contributed by atoms with Crippen LogP contribution in [-0.4, -0.2) is 14.2 Å². The minimum Gasteiger partial charge on any atom is -0.331 e. The molecule has 0 atom stereocenters. The van der Waals surface area contributed by atoms with Gasteiger partial charge in [0.1, 0.15) is 11.3 Å². The first-order chi connectivity index (χ1) is 25.4. The topological polar surface area (TPSA) is 26.6 Å². The Labute approximate surface area is 302 Å². The zero-order chi connectivity index (χ0) is 35.1. The highest BCUT2D eigenvalue weighted by molar-refractivity contribution is 6.19. The summed E-state index contributed by atoms with van der Waals surface area (Å²) in [5.74, 6) is 1.01. The molecule has 0 aliphatic rings. The monoisotopic (exact) mass is 669 g/mol. The molecule has 52 heavy (non-hydrogen) atoms. The Morgan fingerprint density at radius 2 is 1.08 bits per heavy atom. The Kier molecular flexibility index (Phi) is 6.71. The fraction of sp³-hybridized carbons (Fsp3) is 0.0833. The molecular formula is C48H37N4+. The van der Waals surface area contributed by atoms with Crippen LogP contribution in [0.3, 0.4) is 0 Å². The zero-order valence-corrected chi connectivity index (χ0v) is 29.7. The molecule has 0 unspecified atom stereocenters. The van der Waals surface area contributed by atoms with E-state index in [1.807, 2.05) is 0 Å². The molecule has 0 aliphatic carbocycles. The fourth-order valence-electron chi connectivity index (χ4n) is 8.23. The molecule has 10 aromatic rings. The van der Waals surface area contributed by atoms with E-state index in [0.717, 1.165) is 16.9 Å². The summed E-state index contributed by atoms with van der Waals surface area (Å²) in [7, 11) is 6.31. The summed E-state index contributed by atoms with van der Waals surface area (Å²) in [4.78, 5) is 4.79. The summed E-state index contributed by atoms with van der Waals surface area (Å²) in [5.41, 5.74) is 13.2. The van der Waals surface area contributed by atoms with Gasteiger partial charge in [0.2, 0.25) is 6.20 Å². The van der Waals surface area contributed by atoms with Gasteiger partial charge in [0.25, 0.3) is 0 Å². The van der Waals surface area contributed by atoms with Crippen LogP contribution in [0, 0.1) is 6.92 Å². The summed E-state index contributed by atoms with van der Waals surface area (Å²) in [6.45, 7) is 2.07. The number of aryl methyl sites for hydroxylation is 4. The second-order valence-electron chi connectivity index (χ2n) is 14.1. The first-order valence-corrected chi connectivity index (χ1v) is 17.9. The van der Waals surface area contributed by atoms with Crippen molar-refractivity contribution in [3.8, 4) is 44.5 Å². The van der Waals surface area contributed by atoms with E-state index in [1.165, 1.54) is 87.7 Å². The minimum absolute atomic E-state index is 1.01. The van der Waals surface area contributed by atoms with Crippen molar-refractivity contribution in [2.45, 2.75) is 6.92 Å². The number of fused-ring (bicyclic) bond motifs is 5. The highest BCUT2D eigenvalue weighted by Gasteiger charge is 2.18. The normalized spacial score (nSPS) is 11.8. The van der Waals surface area contributed by atoms with Crippen molar-refractivity contribution in [2.75, 3.05) is 0 Å². The lowest BCUT2D eigenvalue weighted by atomic mass is 9.85. The second-order valence-corrected chi connectivity index (χ2v) is 14.1. The largest absolute Gasteiger partial charge is 0.331 e. The Balaban J connectivity index is 1.25. The van der Waals surface area contributed by atoms with Crippen molar-refractivity contribution in [3.05, 3.63) is 158 Å². The van der Waals surface area contributed by atoms with Gasteiger partial charge in [-0.1, -0.05) is 103 Å². The summed E-state index contributed by atoms with van der Waals surface area (Å²) in [6.07, 6.45) is 2.18.